The molecule has 0 unspecified atom stereocenters. The van der Waals surface area contributed by atoms with E-state index in [1.165, 1.54) is 0 Å². The van der Waals surface area contributed by atoms with Crippen LogP contribution < -0.4 is 10.1 Å². The molecule has 0 fully saturated rings. The van der Waals surface area contributed by atoms with Crippen molar-refractivity contribution in [3.63, 3.8) is 0 Å². The number of amides is 1. The molecular formula is C25H25NO4. The Morgan fingerprint density at radius 3 is 2.47 bits per heavy atom. The molecule has 5 heteroatoms. The highest BCUT2D eigenvalue weighted by Crippen LogP contribution is 2.27. The third-order valence-electron chi connectivity index (χ3n) is 4.43. The third kappa shape index (κ3) is 6.48. The van der Waals surface area contributed by atoms with Gasteiger partial charge in [0.05, 0.1) is 6.61 Å². The molecule has 0 spiro atoms. The Bertz CT molecular complexity index is 985. The monoisotopic (exact) mass is 403 g/mol. The first-order chi connectivity index (χ1) is 14.6. The molecule has 0 aliphatic rings. The van der Waals surface area contributed by atoms with Crippen LogP contribution in [0, 0.1) is 6.92 Å². The van der Waals surface area contributed by atoms with Gasteiger partial charge in [0.2, 0.25) is 0 Å². The Kier molecular flexibility index (Phi) is 7.61. The van der Waals surface area contributed by atoms with Gasteiger partial charge in [0.25, 0.3) is 5.91 Å². The summed E-state index contributed by atoms with van der Waals surface area (Å²) >= 11 is 0. The quantitative estimate of drug-likeness (QED) is 0.403. The molecular weight excluding hydrogens is 378 g/mol. The number of aryl methyl sites for hydroxylation is 1. The van der Waals surface area contributed by atoms with Gasteiger partial charge in [-0.1, -0.05) is 60.7 Å². The van der Waals surface area contributed by atoms with Crippen molar-refractivity contribution < 1.29 is 19.1 Å². The Morgan fingerprint density at radius 1 is 0.900 bits per heavy atom. The van der Waals surface area contributed by atoms with Crippen molar-refractivity contribution in [2.45, 2.75) is 19.8 Å². The number of nitrogens with one attached hydrogen (secondary N) is 1. The summed E-state index contributed by atoms with van der Waals surface area (Å²) in [5.74, 6) is -0.0168. The first-order valence-electron chi connectivity index (χ1n) is 9.91. The van der Waals surface area contributed by atoms with Crippen molar-refractivity contribution in [3.8, 4) is 16.9 Å². The lowest BCUT2D eigenvalue weighted by Crippen LogP contribution is -2.21. The van der Waals surface area contributed by atoms with Gasteiger partial charge >= 0.3 is 5.97 Å². The molecule has 0 bridgehead atoms. The number of esters is 1. The van der Waals surface area contributed by atoms with Gasteiger partial charge in [0, 0.05) is 17.7 Å². The minimum Gasteiger partial charge on any atom is -0.494 e. The van der Waals surface area contributed by atoms with Crippen LogP contribution in [0.3, 0.4) is 0 Å². The number of hydrogen-bond donors (Lipinski definition) is 1. The van der Waals surface area contributed by atoms with Gasteiger partial charge in [0.1, 0.15) is 5.75 Å². The first-order valence-corrected chi connectivity index (χ1v) is 9.91. The topological polar surface area (TPSA) is 64.6 Å². The smallest absolute Gasteiger partial charge is 0.306 e. The van der Waals surface area contributed by atoms with Crippen LogP contribution in [0.1, 0.15) is 18.4 Å². The number of para-hydroxylation sites is 1. The fourth-order valence-electron chi connectivity index (χ4n) is 2.98. The van der Waals surface area contributed by atoms with Crippen molar-refractivity contribution in [1.29, 1.82) is 0 Å². The average molecular weight is 403 g/mol. The maximum absolute atomic E-state index is 12.2. The molecule has 0 heterocycles. The van der Waals surface area contributed by atoms with E-state index in [0.717, 1.165) is 22.4 Å². The Morgan fingerprint density at radius 2 is 1.67 bits per heavy atom. The number of carbonyl (C=O) groups excluding carboxylic acids is 2. The minimum absolute atomic E-state index is 0.194. The van der Waals surface area contributed by atoms with E-state index in [2.05, 4.69) is 5.32 Å². The second-order valence-corrected chi connectivity index (χ2v) is 6.89. The maximum Gasteiger partial charge on any atom is 0.306 e. The van der Waals surface area contributed by atoms with E-state index < -0.39 is 5.97 Å². The van der Waals surface area contributed by atoms with Crippen LogP contribution in [-0.2, 0) is 14.3 Å². The summed E-state index contributed by atoms with van der Waals surface area (Å²) < 4.78 is 10.7. The second kappa shape index (κ2) is 10.8. The Hall–Kier alpha value is -3.60. The number of ether oxygens (including phenoxy) is 2. The molecule has 0 saturated carbocycles. The number of carbonyl (C=O) groups is 2. The molecule has 3 aromatic carbocycles. The minimum atomic E-state index is -0.422. The van der Waals surface area contributed by atoms with Crippen LogP contribution in [0.4, 0.5) is 5.69 Å². The van der Waals surface area contributed by atoms with E-state index in [9.17, 15) is 9.59 Å². The summed E-state index contributed by atoms with van der Waals surface area (Å²) in [6.45, 7) is 2.09. The van der Waals surface area contributed by atoms with Gasteiger partial charge < -0.3 is 14.8 Å². The zero-order valence-corrected chi connectivity index (χ0v) is 17.0. The maximum atomic E-state index is 12.2. The van der Waals surface area contributed by atoms with E-state index in [1.807, 2.05) is 85.8 Å². The largest absolute Gasteiger partial charge is 0.494 e. The summed E-state index contributed by atoms with van der Waals surface area (Å²) in [7, 11) is 0. The molecule has 0 atom stereocenters. The Labute approximate surface area is 176 Å². The molecule has 0 aromatic heterocycles. The molecule has 1 N–H and O–H groups in total. The van der Waals surface area contributed by atoms with E-state index >= 15 is 0 Å². The number of rotatable bonds is 9. The van der Waals surface area contributed by atoms with Crippen LogP contribution >= 0.6 is 0 Å². The zero-order valence-electron chi connectivity index (χ0n) is 17.0. The summed E-state index contributed by atoms with van der Waals surface area (Å²) in [6.07, 6.45) is 0.713. The number of anilines is 1. The van der Waals surface area contributed by atoms with Crippen molar-refractivity contribution >= 4 is 17.6 Å². The molecule has 30 heavy (non-hydrogen) atoms. The van der Waals surface area contributed by atoms with Crippen LogP contribution in [0.5, 0.6) is 5.75 Å². The summed E-state index contributed by atoms with van der Waals surface area (Å²) in [4.78, 5) is 24.1. The number of benzene rings is 3. The molecule has 0 aliphatic heterocycles. The molecule has 5 nitrogen and oxygen atoms in total. The molecule has 0 radical (unpaired) electrons. The van der Waals surface area contributed by atoms with Crippen LogP contribution in [0.15, 0.2) is 78.9 Å². The first kappa shape index (κ1) is 21.1. The molecule has 3 rings (SSSR count). The van der Waals surface area contributed by atoms with Gasteiger partial charge in [-0.05, 0) is 42.7 Å². The average Bonchev–Trinajstić information content (AvgIpc) is 2.76. The van der Waals surface area contributed by atoms with Crippen molar-refractivity contribution in [2.75, 3.05) is 18.5 Å². The summed E-state index contributed by atoms with van der Waals surface area (Å²) in [5.41, 5.74) is 3.70. The fourth-order valence-corrected chi connectivity index (χ4v) is 2.98. The van der Waals surface area contributed by atoms with Crippen molar-refractivity contribution in [3.05, 3.63) is 84.4 Å². The van der Waals surface area contributed by atoms with Gasteiger partial charge in [-0.3, -0.25) is 9.59 Å². The van der Waals surface area contributed by atoms with Crippen LogP contribution in [-0.4, -0.2) is 25.1 Å². The highest BCUT2D eigenvalue weighted by Gasteiger charge is 2.11. The molecule has 154 valence electrons. The molecule has 1 amide bonds. The number of hydrogen-bond acceptors (Lipinski definition) is 4. The van der Waals surface area contributed by atoms with Crippen molar-refractivity contribution in [2.24, 2.45) is 0 Å². The molecule has 0 saturated heterocycles. The fraction of sp³-hybridized carbons (Fsp3) is 0.200. The van der Waals surface area contributed by atoms with Crippen molar-refractivity contribution in [1.82, 2.24) is 0 Å². The van der Waals surface area contributed by atoms with Crippen LogP contribution in [0.25, 0.3) is 11.1 Å². The molecule has 3 aromatic rings. The normalized spacial score (nSPS) is 10.3. The Balaban J connectivity index is 1.41. The van der Waals surface area contributed by atoms with E-state index in [-0.39, 0.29) is 18.9 Å². The molecule has 0 aliphatic carbocycles. The van der Waals surface area contributed by atoms with Gasteiger partial charge in [-0.2, -0.15) is 0 Å². The SMILES string of the molecule is Cc1cccc(OCCCC(=O)OCC(=O)Nc2ccccc2-c2ccccc2)c1. The lowest BCUT2D eigenvalue weighted by Gasteiger charge is -2.11. The summed E-state index contributed by atoms with van der Waals surface area (Å²) in [5, 5.41) is 2.82. The lowest BCUT2D eigenvalue weighted by molar-refractivity contribution is -0.147. The van der Waals surface area contributed by atoms with E-state index in [1.54, 1.807) is 0 Å². The van der Waals surface area contributed by atoms with Gasteiger partial charge in [0.15, 0.2) is 6.61 Å². The van der Waals surface area contributed by atoms with E-state index in [0.29, 0.717) is 18.7 Å². The lowest BCUT2D eigenvalue weighted by atomic mass is 10.0. The standard InChI is InChI=1S/C25H25NO4/c1-19-9-7-12-21(17-19)29-16-8-15-25(28)30-18-24(27)26-23-14-6-5-13-22(23)20-10-3-2-4-11-20/h2-7,9-14,17H,8,15-16,18H2,1H3,(H,26,27). The van der Waals surface area contributed by atoms with E-state index in [4.69, 9.17) is 9.47 Å². The van der Waals surface area contributed by atoms with Crippen LogP contribution in [0.2, 0.25) is 0 Å². The summed E-state index contributed by atoms with van der Waals surface area (Å²) in [6, 6.07) is 25.0. The van der Waals surface area contributed by atoms with Gasteiger partial charge in [-0.15, -0.1) is 0 Å². The predicted octanol–water partition coefficient (Wildman–Crippen LogP) is 5.00. The highest BCUT2D eigenvalue weighted by atomic mass is 16.5. The zero-order chi connectivity index (χ0) is 21.2. The predicted molar refractivity (Wildman–Crippen MR) is 117 cm³/mol. The third-order valence-corrected chi connectivity index (χ3v) is 4.43. The van der Waals surface area contributed by atoms with Gasteiger partial charge in [-0.25, -0.2) is 0 Å². The second-order valence-electron chi connectivity index (χ2n) is 6.89. The highest BCUT2D eigenvalue weighted by molar-refractivity contribution is 5.96.